The second kappa shape index (κ2) is 7.44. The van der Waals surface area contributed by atoms with Gasteiger partial charge in [0.2, 0.25) is 0 Å². The maximum Gasteiger partial charge on any atom is 0.306 e. The Kier molecular flexibility index (Phi) is 5.79. The van der Waals surface area contributed by atoms with E-state index in [9.17, 15) is 9.59 Å². The third-order valence-corrected chi connectivity index (χ3v) is 2.26. The molecule has 0 saturated heterocycles. The molecule has 0 radical (unpaired) electrons. The normalized spacial score (nSPS) is 9.71. The molecular weight excluding hydrogens is 220 g/mol. The van der Waals surface area contributed by atoms with E-state index in [2.05, 4.69) is 0 Å². The summed E-state index contributed by atoms with van der Waals surface area (Å²) in [6, 6.07) is 7.32. The predicted molar refractivity (Wildman–Crippen MR) is 62.7 cm³/mol. The number of carbonyl (C=O) groups is 2. The third-order valence-electron chi connectivity index (χ3n) is 2.26. The van der Waals surface area contributed by atoms with Crippen LogP contribution in [0.5, 0.6) is 5.75 Å². The first-order valence-electron chi connectivity index (χ1n) is 5.48. The van der Waals surface area contributed by atoms with Gasteiger partial charge in [-0.05, 0) is 24.1 Å². The molecule has 0 atom stereocenters. The number of unbranched alkanes of at least 4 members (excludes halogenated alkanes) is 1. The Balaban J connectivity index is 2.29. The number of benzene rings is 1. The zero-order valence-corrected chi connectivity index (χ0v) is 9.85. The Bertz CT molecular complexity index is 356. The van der Waals surface area contributed by atoms with Crippen molar-refractivity contribution in [1.29, 1.82) is 0 Å². The van der Waals surface area contributed by atoms with Gasteiger partial charge in [0, 0.05) is 12.8 Å². The molecule has 0 spiro atoms. The highest BCUT2D eigenvalue weighted by Gasteiger charge is 2.03. The van der Waals surface area contributed by atoms with Crippen LogP contribution in [0.4, 0.5) is 0 Å². The number of rotatable bonds is 7. The molecule has 17 heavy (non-hydrogen) atoms. The SMILES string of the molecule is COc1ccc(COC(=O)CCCC=O)cc1. The molecule has 0 unspecified atom stereocenters. The van der Waals surface area contributed by atoms with Crippen LogP contribution in [-0.2, 0) is 20.9 Å². The fraction of sp³-hybridized carbons (Fsp3) is 0.385. The van der Waals surface area contributed by atoms with E-state index >= 15 is 0 Å². The Hall–Kier alpha value is -1.84. The Labute approximate surface area is 101 Å². The van der Waals surface area contributed by atoms with Crippen LogP contribution in [-0.4, -0.2) is 19.4 Å². The molecule has 4 nitrogen and oxygen atoms in total. The lowest BCUT2D eigenvalue weighted by Gasteiger charge is -2.05. The molecule has 0 fully saturated rings. The van der Waals surface area contributed by atoms with E-state index in [-0.39, 0.29) is 19.0 Å². The molecule has 0 bridgehead atoms. The number of carbonyl (C=O) groups excluding carboxylic acids is 2. The summed E-state index contributed by atoms with van der Waals surface area (Å²) in [7, 11) is 1.60. The average Bonchev–Trinajstić information content (AvgIpc) is 2.37. The first-order chi connectivity index (χ1) is 8.26. The number of methoxy groups -OCH3 is 1. The maximum atomic E-state index is 11.3. The molecule has 1 rings (SSSR count). The third kappa shape index (κ3) is 5.15. The quantitative estimate of drug-likeness (QED) is 0.413. The van der Waals surface area contributed by atoms with Crippen molar-refractivity contribution in [2.45, 2.75) is 25.9 Å². The molecule has 1 aromatic rings. The minimum Gasteiger partial charge on any atom is -0.497 e. The van der Waals surface area contributed by atoms with Crippen molar-refractivity contribution in [2.75, 3.05) is 7.11 Å². The van der Waals surface area contributed by atoms with Crippen LogP contribution >= 0.6 is 0 Å². The number of ether oxygens (including phenoxy) is 2. The van der Waals surface area contributed by atoms with Crippen molar-refractivity contribution in [3.05, 3.63) is 29.8 Å². The van der Waals surface area contributed by atoms with Crippen LogP contribution in [0.15, 0.2) is 24.3 Å². The summed E-state index contributed by atoms with van der Waals surface area (Å²) in [5.41, 5.74) is 0.912. The molecule has 4 heteroatoms. The summed E-state index contributed by atoms with van der Waals surface area (Å²) in [4.78, 5) is 21.3. The zero-order chi connectivity index (χ0) is 12.5. The predicted octanol–water partition coefficient (Wildman–Crippen LogP) is 2.11. The van der Waals surface area contributed by atoms with Crippen molar-refractivity contribution in [2.24, 2.45) is 0 Å². The van der Waals surface area contributed by atoms with Crippen LogP contribution < -0.4 is 4.74 Å². The molecule has 0 aliphatic heterocycles. The van der Waals surface area contributed by atoms with Crippen molar-refractivity contribution in [1.82, 2.24) is 0 Å². The van der Waals surface area contributed by atoms with E-state index in [0.29, 0.717) is 12.8 Å². The lowest BCUT2D eigenvalue weighted by atomic mass is 10.2. The van der Waals surface area contributed by atoms with Gasteiger partial charge in [-0.25, -0.2) is 0 Å². The average molecular weight is 236 g/mol. The first kappa shape index (κ1) is 13.2. The molecule has 0 aliphatic carbocycles. The Morgan fingerprint density at radius 2 is 2.00 bits per heavy atom. The summed E-state index contributed by atoms with van der Waals surface area (Å²) < 4.78 is 10.1. The van der Waals surface area contributed by atoms with Crippen molar-refractivity contribution < 1.29 is 19.1 Å². The van der Waals surface area contributed by atoms with Gasteiger partial charge < -0.3 is 14.3 Å². The fourth-order valence-corrected chi connectivity index (χ4v) is 1.29. The van der Waals surface area contributed by atoms with E-state index in [1.165, 1.54) is 0 Å². The summed E-state index contributed by atoms with van der Waals surface area (Å²) in [5.74, 6) is 0.494. The second-order valence-electron chi connectivity index (χ2n) is 3.57. The summed E-state index contributed by atoms with van der Waals surface area (Å²) in [6.07, 6.45) is 2.04. The molecular formula is C13H16O4. The Morgan fingerprint density at radius 3 is 2.59 bits per heavy atom. The number of hydrogen-bond acceptors (Lipinski definition) is 4. The molecule has 0 amide bonds. The van der Waals surface area contributed by atoms with Crippen molar-refractivity contribution in [3.8, 4) is 5.75 Å². The molecule has 92 valence electrons. The molecule has 0 aromatic heterocycles. The van der Waals surface area contributed by atoms with Gasteiger partial charge >= 0.3 is 5.97 Å². The number of aldehydes is 1. The maximum absolute atomic E-state index is 11.3. The number of esters is 1. The highest BCUT2D eigenvalue weighted by molar-refractivity contribution is 5.69. The van der Waals surface area contributed by atoms with Gasteiger partial charge in [0.15, 0.2) is 0 Å². The van der Waals surface area contributed by atoms with Crippen LogP contribution in [0.25, 0.3) is 0 Å². The van der Waals surface area contributed by atoms with Gasteiger partial charge in [-0.2, -0.15) is 0 Å². The fourth-order valence-electron chi connectivity index (χ4n) is 1.29. The van der Waals surface area contributed by atoms with Crippen molar-refractivity contribution in [3.63, 3.8) is 0 Å². The van der Waals surface area contributed by atoms with Crippen LogP contribution in [0, 0.1) is 0 Å². The van der Waals surface area contributed by atoms with E-state index in [0.717, 1.165) is 17.6 Å². The van der Waals surface area contributed by atoms with Crippen LogP contribution in [0.2, 0.25) is 0 Å². The minimum atomic E-state index is -0.275. The van der Waals surface area contributed by atoms with E-state index in [1.807, 2.05) is 24.3 Å². The zero-order valence-electron chi connectivity index (χ0n) is 9.85. The smallest absolute Gasteiger partial charge is 0.306 e. The topological polar surface area (TPSA) is 52.6 Å². The lowest BCUT2D eigenvalue weighted by molar-refractivity contribution is -0.145. The van der Waals surface area contributed by atoms with Gasteiger partial charge in [-0.1, -0.05) is 12.1 Å². The molecule has 1 aromatic carbocycles. The van der Waals surface area contributed by atoms with Gasteiger partial charge in [0.05, 0.1) is 7.11 Å². The minimum absolute atomic E-state index is 0.254. The van der Waals surface area contributed by atoms with Gasteiger partial charge in [0.25, 0.3) is 0 Å². The van der Waals surface area contributed by atoms with Crippen molar-refractivity contribution >= 4 is 12.3 Å². The highest BCUT2D eigenvalue weighted by atomic mass is 16.5. The second-order valence-corrected chi connectivity index (χ2v) is 3.57. The number of hydrogen-bond donors (Lipinski definition) is 0. The van der Waals surface area contributed by atoms with E-state index in [4.69, 9.17) is 9.47 Å². The lowest BCUT2D eigenvalue weighted by Crippen LogP contribution is -2.04. The molecule has 0 saturated carbocycles. The molecule has 0 heterocycles. The van der Waals surface area contributed by atoms with Gasteiger partial charge in [-0.15, -0.1) is 0 Å². The Morgan fingerprint density at radius 1 is 1.29 bits per heavy atom. The largest absolute Gasteiger partial charge is 0.497 e. The summed E-state index contributed by atoms with van der Waals surface area (Å²) in [6.45, 7) is 0.254. The highest BCUT2D eigenvalue weighted by Crippen LogP contribution is 2.12. The van der Waals surface area contributed by atoms with Crippen LogP contribution in [0.1, 0.15) is 24.8 Å². The summed E-state index contributed by atoms with van der Waals surface area (Å²) in [5, 5.41) is 0. The first-order valence-corrected chi connectivity index (χ1v) is 5.48. The van der Waals surface area contributed by atoms with Crippen LogP contribution in [0.3, 0.4) is 0 Å². The van der Waals surface area contributed by atoms with Gasteiger partial charge in [0.1, 0.15) is 18.6 Å². The summed E-state index contributed by atoms with van der Waals surface area (Å²) >= 11 is 0. The molecule has 0 N–H and O–H groups in total. The van der Waals surface area contributed by atoms with E-state index in [1.54, 1.807) is 7.11 Å². The van der Waals surface area contributed by atoms with E-state index < -0.39 is 0 Å². The molecule has 0 aliphatic rings. The standard InChI is InChI=1S/C13H16O4/c1-16-12-7-5-11(6-8-12)10-17-13(15)4-2-3-9-14/h5-9H,2-4,10H2,1H3. The monoisotopic (exact) mass is 236 g/mol. The van der Waals surface area contributed by atoms with Gasteiger partial charge in [-0.3, -0.25) is 4.79 Å².